The molecule has 2 heterocycles. The largest absolute Gasteiger partial charge is 0.458 e. The van der Waals surface area contributed by atoms with Gasteiger partial charge in [-0.15, -0.1) is 0 Å². The molecule has 14 atom stereocenters. The van der Waals surface area contributed by atoms with E-state index in [2.05, 4.69) is 13.8 Å². The van der Waals surface area contributed by atoms with Crippen molar-refractivity contribution in [1.82, 2.24) is 0 Å². The number of aliphatic hydroxyl groups is 4. The topological polar surface area (TPSA) is 135 Å². The summed E-state index contributed by atoms with van der Waals surface area (Å²) in [7, 11) is 1.47. The van der Waals surface area contributed by atoms with E-state index < -0.39 is 47.8 Å². The molecule has 2 aliphatic heterocycles. The first-order valence-electron chi connectivity index (χ1n) is 14.9. The van der Waals surface area contributed by atoms with Crippen molar-refractivity contribution in [3.05, 3.63) is 11.6 Å². The zero-order valence-electron chi connectivity index (χ0n) is 23.6. The van der Waals surface area contributed by atoms with Crippen LogP contribution in [0.1, 0.15) is 72.1 Å². The highest BCUT2D eigenvalue weighted by atomic mass is 16.7. The fourth-order valence-corrected chi connectivity index (χ4v) is 10.2. The number of hydrogen-bond donors (Lipinski definition) is 4. The maximum Gasteiger partial charge on any atom is 0.331 e. The highest BCUT2D eigenvalue weighted by Crippen LogP contribution is 2.70. The van der Waals surface area contributed by atoms with Crippen molar-refractivity contribution < 1.29 is 44.2 Å². The van der Waals surface area contributed by atoms with Gasteiger partial charge in [0.25, 0.3) is 0 Å². The van der Waals surface area contributed by atoms with E-state index in [9.17, 15) is 25.2 Å². The van der Waals surface area contributed by atoms with Crippen LogP contribution < -0.4 is 0 Å². The van der Waals surface area contributed by atoms with Crippen molar-refractivity contribution in [2.24, 2.45) is 34.5 Å². The van der Waals surface area contributed by atoms with Crippen LogP contribution in [-0.2, 0) is 23.7 Å². The van der Waals surface area contributed by atoms with Crippen LogP contribution in [0.3, 0.4) is 0 Å². The van der Waals surface area contributed by atoms with Crippen LogP contribution >= 0.6 is 0 Å². The number of esters is 1. The molecule has 6 rings (SSSR count). The molecule has 4 saturated carbocycles. The second-order valence-electron chi connectivity index (χ2n) is 13.9. The number of fused-ring (bicyclic) bond motifs is 5. The van der Waals surface area contributed by atoms with Gasteiger partial charge >= 0.3 is 5.97 Å². The fraction of sp³-hybridized carbons (Fsp3) is 0.900. The zero-order chi connectivity index (χ0) is 27.9. The van der Waals surface area contributed by atoms with Gasteiger partial charge in [-0.2, -0.15) is 0 Å². The second-order valence-corrected chi connectivity index (χ2v) is 13.9. The van der Waals surface area contributed by atoms with E-state index in [-0.39, 0.29) is 35.2 Å². The Bertz CT molecular complexity index is 1000. The molecule has 4 N–H and O–H groups in total. The molecule has 0 aromatic carbocycles. The third kappa shape index (κ3) is 4.09. The lowest BCUT2D eigenvalue weighted by atomic mass is 9.42. The first kappa shape index (κ1) is 28.1. The predicted molar refractivity (Wildman–Crippen MR) is 139 cm³/mol. The standard InChI is InChI=1S/C30H46O9/c1-15-24(33)26(36-4)25(34)27(38-15)39-18-7-9-28(2)17(12-18)5-6-20-23(28)21(31)13-29(3)19(8-10-30(20,29)35)16-11-22(32)37-14-16/h11,15,17-21,23-27,31,33-35H,5-10,12-14H2,1-4H3/t15-,17?,18?,19?,20?,21?,23?,24+,25-,26+,27?,28+,29-,30?/m1/s1. The van der Waals surface area contributed by atoms with E-state index >= 15 is 0 Å². The molecule has 5 fully saturated rings. The Kier molecular flexibility index (Phi) is 7.02. The lowest BCUT2D eigenvalue weighted by Crippen LogP contribution is -2.66. The van der Waals surface area contributed by atoms with E-state index in [0.717, 1.165) is 44.1 Å². The molecule has 0 bridgehead atoms. The summed E-state index contributed by atoms with van der Waals surface area (Å²) in [5.41, 5.74) is -0.550. The normalized spacial score (nSPS) is 55.3. The molecule has 6 aliphatic rings. The van der Waals surface area contributed by atoms with Gasteiger partial charge in [-0.3, -0.25) is 0 Å². The van der Waals surface area contributed by atoms with E-state index in [0.29, 0.717) is 25.4 Å². The minimum Gasteiger partial charge on any atom is -0.458 e. The number of carbonyl (C=O) groups is 1. The summed E-state index contributed by atoms with van der Waals surface area (Å²) in [4.78, 5) is 11.8. The van der Waals surface area contributed by atoms with Gasteiger partial charge in [-0.25, -0.2) is 4.79 Å². The maximum atomic E-state index is 12.4. The lowest BCUT2D eigenvalue weighted by Gasteiger charge is -2.65. The first-order valence-corrected chi connectivity index (χ1v) is 14.9. The van der Waals surface area contributed by atoms with Crippen molar-refractivity contribution in [1.29, 1.82) is 0 Å². The van der Waals surface area contributed by atoms with Crippen LogP contribution in [0.15, 0.2) is 11.6 Å². The van der Waals surface area contributed by atoms with Crippen molar-refractivity contribution in [3.63, 3.8) is 0 Å². The molecule has 0 aromatic heterocycles. The minimum atomic E-state index is -1.08. The number of rotatable bonds is 4. The second kappa shape index (κ2) is 9.75. The Morgan fingerprint density at radius 2 is 1.82 bits per heavy atom. The number of hydrogen-bond acceptors (Lipinski definition) is 9. The van der Waals surface area contributed by atoms with Gasteiger partial charge in [0.1, 0.15) is 24.9 Å². The number of cyclic esters (lactones) is 1. The van der Waals surface area contributed by atoms with Gasteiger partial charge in [0.2, 0.25) is 0 Å². The van der Waals surface area contributed by atoms with Crippen molar-refractivity contribution in [2.75, 3.05) is 13.7 Å². The Morgan fingerprint density at radius 1 is 1.05 bits per heavy atom. The van der Waals surface area contributed by atoms with Crippen LogP contribution in [0, 0.1) is 34.5 Å². The minimum absolute atomic E-state index is 0.00175. The Balaban J connectivity index is 1.18. The monoisotopic (exact) mass is 550 g/mol. The highest BCUT2D eigenvalue weighted by molar-refractivity contribution is 5.85. The van der Waals surface area contributed by atoms with Crippen molar-refractivity contribution in [2.45, 2.75) is 121 Å². The Morgan fingerprint density at radius 3 is 2.51 bits per heavy atom. The smallest absolute Gasteiger partial charge is 0.331 e. The van der Waals surface area contributed by atoms with Gasteiger partial charge in [-0.1, -0.05) is 13.8 Å². The molecule has 1 saturated heterocycles. The summed E-state index contributed by atoms with van der Waals surface area (Å²) < 4.78 is 22.7. The summed E-state index contributed by atoms with van der Waals surface area (Å²) in [6.45, 7) is 6.46. The molecule has 0 aromatic rings. The summed E-state index contributed by atoms with van der Waals surface area (Å²) in [5.74, 6) is 0.0523. The maximum absolute atomic E-state index is 12.4. The number of ether oxygens (including phenoxy) is 4. The molecule has 4 aliphatic carbocycles. The molecule has 0 spiro atoms. The van der Waals surface area contributed by atoms with E-state index in [4.69, 9.17) is 18.9 Å². The molecule has 8 unspecified atom stereocenters. The Labute approximate surface area is 230 Å². The average Bonchev–Trinajstić information content (AvgIpc) is 3.42. The quantitative estimate of drug-likeness (QED) is 0.307. The number of methoxy groups -OCH3 is 1. The van der Waals surface area contributed by atoms with Gasteiger partial charge in [0.05, 0.1) is 23.9 Å². The fourth-order valence-electron chi connectivity index (χ4n) is 10.2. The lowest BCUT2D eigenvalue weighted by molar-refractivity contribution is -0.314. The van der Waals surface area contributed by atoms with Crippen molar-refractivity contribution in [3.8, 4) is 0 Å². The number of aliphatic hydroxyl groups excluding tert-OH is 3. The molecular formula is C30H46O9. The molecule has 39 heavy (non-hydrogen) atoms. The molecule has 9 heteroatoms. The van der Waals surface area contributed by atoms with Gasteiger partial charge < -0.3 is 39.4 Å². The van der Waals surface area contributed by atoms with Crippen LogP contribution in [0.25, 0.3) is 0 Å². The van der Waals surface area contributed by atoms with Crippen LogP contribution in [0.4, 0.5) is 0 Å². The summed E-state index contributed by atoms with van der Waals surface area (Å²) in [6.07, 6.45) is 3.05. The zero-order valence-corrected chi connectivity index (χ0v) is 23.6. The molecular weight excluding hydrogens is 504 g/mol. The highest BCUT2D eigenvalue weighted by Gasteiger charge is 2.70. The van der Waals surface area contributed by atoms with Gasteiger partial charge in [0, 0.05) is 18.6 Å². The average molecular weight is 551 g/mol. The summed E-state index contributed by atoms with van der Waals surface area (Å²) >= 11 is 0. The van der Waals surface area contributed by atoms with E-state index in [1.807, 2.05) is 0 Å². The molecule has 220 valence electrons. The van der Waals surface area contributed by atoms with E-state index in [1.165, 1.54) is 7.11 Å². The number of carbonyl (C=O) groups excluding carboxylic acids is 1. The van der Waals surface area contributed by atoms with E-state index in [1.54, 1.807) is 13.0 Å². The SMILES string of the molecule is CO[C@H]1[C@@H](O)[C@@H](C)OC(OC2CC[C@@]3(C)C(CCC4C3C(O)C[C@]3(C)C(C5=CC(=O)OC5)CCC43O)C2)[C@@H]1O. The van der Waals surface area contributed by atoms with Gasteiger partial charge in [-0.05, 0) is 93.0 Å². The molecule has 0 amide bonds. The van der Waals surface area contributed by atoms with Crippen molar-refractivity contribution >= 4 is 5.97 Å². The molecule has 0 radical (unpaired) electrons. The van der Waals surface area contributed by atoms with Gasteiger partial charge in [0.15, 0.2) is 6.29 Å². The first-order chi connectivity index (χ1) is 18.4. The summed E-state index contributed by atoms with van der Waals surface area (Å²) in [5, 5.41) is 45.2. The third-order valence-corrected chi connectivity index (χ3v) is 12.3. The third-order valence-electron chi connectivity index (χ3n) is 12.3. The van der Waals surface area contributed by atoms with Crippen LogP contribution in [0.5, 0.6) is 0 Å². The predicted octanol–water partition coefficient (Wildman–Crippen LogP) is 2.08. The van der Waals surface area contributed by atoms with Crippen LogP contribution in [0.2, 0.25) is 0 Å². The Hall–Kier alpha value is -1.07. The molecule has 9 nitrogen and oxygen atoms in total. The summed E-state index contributed by atoms with van der Waals surface area (Å²) in [6, 6.07) is 0. The van der Waals surface area contributed by atoms with Crippen LogP contribution in [-0.4, -0.2) is 88.6 Å².